The molecule has 0 bridgehead atoms. The number of aromatic hydroxyl groups is 1. The number of benzene rings is 1. The van der Waals surface area contributed by atoms with Crippen molar-refractivity contribution in [3.8, 4) is 5.75 Å². The fraction of sp³-hybridized carbons (Fsp3) is 0.462. The Morgan fingerprint density at radius 1 is 1.20 bits per heavy atom. The fourth-order valence-corrected chi connectivity index (χ4v) is 3.28. The highest BCUT2D eigenvalue weighted by Gasteiger charge is 2.48. The average Bonchev–Trinajstić information content (AvgIpc) is 2.76. The zero-order chi connectivity index (χ0) is 10.5. The Morgan fingerprint density at radius 2 is 2.07 bits per heavy atom. The molecule has 1 aromatic rings. The number of carbonyl (C=O) groups is 1. The van der Waals surface area contributed by atoms with Crippen LogP contribution in [-0.2, 0) is 16.6 Å². The molecule has 0 radical (unpaired) electrons. The molecular formula is C13H14O2. The predicted molar refractivity (Wildman–Crippen MR) is 57.0 cm³/mol. The van der Waals surface area contributed by atoms with E-state index in [4.69, 9.17) is 0 Å². The Hall–Kier alpha value is -1.31. The molecule has 1 N–H and O–H groups in total. The number of rotatable bonds is 0. The molecule has 1 saturated carbocycles. The summed E-state index contributed by atoms with van der Waals surface area (Å²) in [5.41, 5.74) is 1.79. The van der Waals surface area contributed by atoms with Crippen LogP contribution < -0.4 is 0 Å². The van der Waals surface area contributed by atoms with Gasteiger partial charge in [-0.05, 0) is 37.3 Å². The van der Waals surface area contributed by atoms with Crippen molar-refractivity contribution in [1.29, 1.82) is 0 Å². The third kappa shape index (κ3) is 1.02. The van der Waals surface area contributed by atoms with E-state index in [-0.39, 0.29) is 5.41 Å². The largest absolute Gasteiger partial charge is 0.508 e. The Bertz CT molecular complexity index is 436. The maximum Gasteiger partial charge on any atom is 0.143 e. The van der Waals surface area contributed by atoms with Crippen LogP contribution >= 0.6 is 0 Å². The second-order valence-corrected chi connectivity index (χ2v) is 4.67. The number of aryl methyl sites for hydroxylation is 1. The molecular weight excluding hydrogens is 188 g/mol. The van der Waals surface area contributed by atoms with E-state index >= 15 is 0 Å². The second kappa shape index (κ2) is 2.84. The van der Waals surface area contributed by atoms with E-state index in [1.165, 1.54) is 5.56 Å². The van der Waals surface area contributed by atoms with Gasteiger partial charge in [0, 0.05) is 12.0 Å². The number of hydrogen-bond donors (Lipinski definition) is 1. The molecule has 1 spiro atoms. The Balaban J connectivity index is 2.22. The number of ketones is 1. The van der Waals surface area contributed by atoms with Crippen LogP contribution in [0.1, 0.15) is 36.8 Å². The highest BCUT2D eigenvalue weighted by molar-refractivity contribution is 5.94. The molecule has 78 valence electrons. The van der Waals surface area contributed by atoms with E-state index < -0.39 is 0 Å². The molecule has 2 nitrogen and oxygen atoms in total. The summed E-state index contributed by atoms with van der Waals surface area (Å²) in [4.78, 5) is 12.0. The van der Waals surface area contributed by atoms with Gasteiger partial charge >= 0.3 is 0 Å². The lowest BCUT2D eigenvalue weighted by Crippen LogP contribution is -2.27. The van der Waals surface area contributed by atoms with Crippen molar-refractivity contribution in [2.75, 3.05) is 0 Å². The van der Waals surface area contributed by atoms with E-state index in [2.05, 4.69) is 0 Å². The summed E-state index contributed by atoms with van der Waals surface area (Å²) in [7, 11) is 0. The van der Waals surface area contributed by atoms with E-state index in [0.717, 1.165) is 31.2 Å². The molecule has 3 rings (SSSR count). The van der Waals surface area contributed by atoms with Crippen LogP contribution in [0.15, 0.2) is 18.2 Å². The number of carbonyl (C=O) groups excluding carboxylic acids is 1. The van der Waals surface area contributed by atoms with Crippen molar-refractivity contribution in [1.82, 2.24) is 0 Å². The van der Waals surface area contributed by atoms with Gasteiger partial charge in [-0.1, -0.05) is 12.1 Å². The molecule has 2 aliphatic carbocycles. The van der Waals surface area contributed by atoms with Crippen LogP contribution in [0.2, 0.25) is 0 Å². The highest BCUT2D eigenvalue weighted by atomic mass is 16.3. The normalized spacial score (nSPS) is 28.7. The molecule has 15 heavy (non-hydrogen) atoms. The average molecular weight is 202 g/mol. The monoisotopic (exact) mass is 202 g/mol. The summed E-state index contributed by atoms with van der Waals surface area (Å²) >= 11 is 0. The van der Waals surface area contributed by atoms with Crippen molar-refractivity contribution >= 4 is 5.78 Å². The van der Waals surface area contributed by atoms with Gasteiger partial charge in [-0.3, -0.25) is 4.79 Å². The van der Waals surface area contributed by atoms with Crippen LogP contribution in [0, 0.1) is 0 Å². The minimum Gasteiger partial charge on any atom is -0.508 e. The van der Waals surface area contributed by atoms with E-state index in [9.17, 15) is 9.90 Å². The topological polar surface area (TPSA) is 37.3 Å². The van der Waals surface area contributed by atoms with Gasteiger partial charge in [0.1, 0.15) is 11.5 Å². The van der Waals surface area contributed by atoms with Gasteiger partial charge in [0.25, 0.3) is 0 Å². The van der Waals surface area contributed by atoms with Gasteiger partial charge in [0.05, 0.1) is 5.41 Å². The third-order valence-electron chi connectivity index (χ3n) is 3.97. The van der Waals surface area contributed by atoms with E-state index in [1.807, 2.05) is 12.1 Å². The van der Waals surface area contributed by atoms with Crippen LogP contribution in [0.3, 0.4) is 0 Å². The lowest BCUT2D eigenvalue weighted by atomic mass is 9.79. The molecule has 1 atom stereocenters. The maximum absolute atomic E-state index is 12.0. The molecule has 2 heteroatoms. The van der Waals surface area contributed by atoms with Crippen molar-refractivity contribution in [2.24, 2.45) is 0 Å². The smallest absolute Gasteiger partial charge is 0.143 e. The first kappa shape index (κ1) is 8.96. The zero-order valence-electron chi connectivity index (χ0n) is 8.62. The lowest BCUT2D eigenvalue weighted by molar-refractivity contribution is -0.122. The Labute approximate surface area is 88.9 Å². The Kier molecular flexibility index (Phi) is 1.70. The zero-order valence-corrected chi connectivity index (χ0v) is 8.62. The standard InChI is InChI=1S/C13H14O2/c14-10-4-1-3-9-6-8-13(12(9)10)7-2-5-11(13)15/h1,3-4,14H,2,5-8H2/t13-/m1/s1. The van der Waals surface area contributed by atoms with Crippen LogP contribution in [0.4, 0.5) is 0 Å². The van der Waals surface area contributed by atoms with E-state index in [0.29, 0.717) is 18.0 Å². The number of Topliss-reactive ketones (excluding diaryl/α,β-unsaturated/α-hetero) is 1. The summed E-state index contributed by atoms with van der Waals surface area (Å²) in [5, 5.41) is 9.92. The van der Waals surface area contributed by atoms with Crippen molar-refractivity contribution < 1.29 is 9.90 Å². The van der Waals surface area contributed by atoms with Gasteiger partial charge in [-0.15, -0.1) is 0 Å². The first-order valence-corrected chi connectivity index (χ1v) is 5.59. The molecule has 0 heterocycles. The summed E-state index contributed by atoms with van der Waals surface area (Å²) in [6, 6.07) is 5.61. The van der Waals surface area contributed by atoms with Gasteiger partial charge in [0.2, 0.25) is 0 Å². The van der Waals surface area contributed by atoms with Crippen molar-refractivity contribution in [2.45, 2.75) is 37.5 Å². The number of hydrogen-bond acceptors (Lipinski definition) is 2. The summed E-state index contributed by atoms with van der Waals surface area (Å²) in [6.07, 6.45) is 4.44. The van der Waals surface area contributed by atoms with Crippen molar-refractivity contribution in [3.63, 3.8) is 0 Å². The minimum absolute atomic E-state index is 0.319. The lowest BCUT2D eigenvalue weighted by Gasteiger charge is -2.23. The SMILES string of the molecule is O=C1CCC[C@@]12CCc1cccc(O)c12. The van der Waals surface area contributed by atoms with Crippen LogP contribution in [-0.4, -0.2) is 10.9 Å². The molecule has 0 saturated heterocycles. The van der Waals surface area contributed by atoms with Crippen LogP contribution in [0.5, 0.6) is 5.75 Å². The first-order valence-electron chi connectivity index (χ1n) is 5.59. The molecule has 0 aliphatic heterocycles. The number of phenols is 1. The number of phenolic OH excluding ortho intramolecular Hbond substituents is 1. The summed E-state index contributed by atoms with van der Waals surface area (Å²) in [6.45, 7) is 0. The quantitative estimate of drug-likeness (QED) is 0.701. The van der Waals surface area contributed by atoms with E-state index in [1.54, 1.807) is 6.07 Å². The minimum atomic E-state index is -0.319. The second-order valence-electron chi connectivity index (χ2n) is 4.67. The molecule has 0 aromatic heterocycles. The number of fused-ring (bicyclic) bond motifs is 2. The van der Waals surface area contributed by atoms with Crippen LogP contribution in [0.25, 0.3) is 0 Å². The molecule has 0 amide bonds. The molecule has 2 aliphatic rings. The molecule has 1 aromatic carbocycles. The maximum atomic E-state index is 12.0. The predicted octanol–water partition coefficient (Wildman–Crippen LogP) is 2.33. The summed E-state index contributed by atoms with van der Waals surface area (Å²) < 4.78 is 0. The molecule has 0 unspecified atom stereocenters. The highest BCUT2D eigenvalue weighted by Crippen LogP contribution is 2.50. The van der Waals surface area contributed by atoms with Gasteiger partial charge < -0.3 is 5.11 Å². The van der Waals surface area contributed by atoms with Crippen molar-refractivity contribution in [3.05, 3.63) is 29.3 Å². The summed E-state index contributed by atoms with van der Waals surface area (Å²) in [5.74, 6) is 0.656. The molecule has 1 fully saturated rings. The first-order chi connectivity index (χ1) is 7.24. The van der Waals surface area contributed by atoms with Gasteiger partial charge in [-0.2, -0.15) is 0 Å². The fourth-order valence-electron chi connectivity index (χ4n) is 3.28. The third-order valence-corrected chi connectivity index (χ3v) is 3.97. The van der Waals surface area contributed by atoms with Gasteiger partial charge in [-0.25, -0.2) is 0 Å². The Morgan fingerprint density at radius 3 is 2.80 bits per heavy atom. The van der Waals surface area contributed by atoms with Gasteiger partial charge in [0.15, 0.2) is 0 Å².